The van der Waals surface area contributed by atoms with Crippen molar-refractivity contribution in [3.8, 4) is 0 Å². The molecule has 0 aliphatic carbocycles. The highest BCUT2D eigenvalue weighted by Gasteiger charge is 2.28. The molecule has 3 aromatic rings. The standard InChI is InChI=1S/C29H44N2.C17H27NO/c1-18(2)23-14-12-15-24(19(3)4)27(23)30-22(9)29(10,11)31-28-25(20(5)6)16-13-17-26(28)21(7)8;1-11(2)14-9-8-10-15(12(3)4)16(14)18-17(6,7)13(5)19/h12-21,31H,1-11H3;8-12,18H,1-7H3. The third-order valence-corrected chi connectivity index (χ3v) is 10.0. The van der Waals surface area contributed by atoms with Gasteiger partial charge in [0.2, 0.25) is 0 Å². The van der Waals surface area contributed by atoms with Crippen LogP contribution in [0.3, 0.4) is 0 Å². The van der Waals surface area contributed by atoms with Gasteiger partial charge in [0.1, 0.15) is 0 Å². The van der Waals surface area contributed by atoms with Crippen molar-refractivity contribution in [3.05, 3.63) is 88.0 Å². The average molecular weight is 682 g/mol. The maximum absolute atomic E-state index is 11.8. The third-order valence-electron chi connectivity index (χ3n) is 10.0. The molecule has 0 radical (unpaired) electrons. The van der Waals surface area contributed by atoms with Crippen LogP contribution in [0.5, 0.6) is 0 Å². The second-order valence-corrected chi connectivity index (χ2v) is 17.1. The van der Waals surface area contributed by atoms with Crippen molar-refractivity contribution in [2.75, 3.05) is 10.6 Å². The summed E-state index contributed by atoms with van der Waals surface area (Å²) in [5.41, 5.74) is 11.8. The van der Waals surface area contributed by atoms with Gasteiger partial charge in [-0.1, -0.05) is 138 Å². The Kier molecular flexibility index (Phi) is 15.1. The van der Waals surface area contributed by atoms with Crippen LogP contribution < -0.4 is 10.6 Å². The van der Waals surface area contributed by atoms with Crippen LogP contribution in [0.25, 0.3) is 0 Å². The van der Waals surface area contributed by atoms with Crippen LogP contribution in [0.4, 0.5) is 17.1 Å². The minimum absolute atomic E-state index is 0.153. The molecule has 0 fully saturated rings. The number of hydrogen-bond acceptors (Lipinski definition) is 4. The van der Waals surface area contributed by atoms with Gasteiger partial charge >= 0.3 is 0 Å². The van der Waals surface area contributed by atoms with Gasteiger partial charge in [0, 0.05) is 17.1 Å². The van der Waals surface area contributed by atoms with Crippen LogP contribution in [0.15, 0.2) is 59.6 Å². The van der Waals surface area contributed by atoms with Crippen molar-refractivity contribution in [2.45, 2.75) is 171 Å². The van der Waals surface area contributed by atoms with Gasteiger partial charge in [-0.25, -0.2) is 0 Å². The van der Waals surface area contributed by atoms with Crippen molar-refractivity contribution >= 4 is 28.6 Å². The van der Waals surface area contributed by atoms with E-state index in [1.54, 1.807) is 6.92 Å². The van der Waals surface area contributed by atoms with E-state index < -0.39 is 5.54 Å². The number of anilines is 2. The largest absolute Gasteiger partial charge is 0.374 e. The Morgan fingerprint density at radius 2 is 0.740 bits per heavy atom. The van der Waals surface area contributed by atoms with Crippen LogP contribution in [0, 0.1) is 0 Å². The molecule has 3 rings (SSSR count). The minimum atomic E-state index is -0.533. The summed E-state index contributed by atoms with van der Waals surface area (Å²) in [6.45, 7) is 39.0. The topological polar surface area (TPSA) is 53.5 Å². The number of ketones is 1. The Hall–Kier alpha value is -3.40. The lowest BCUT2D eigenvalue weighted by Gasteiger charge is -2.32. The molecular weight excluding hydrogens is 611 g/mol. The van der Waals surface area contributed by atoms with Crippen molar-refractivity contribution in [2.24, 2.45) is 4.99 Å². The van der Waals surface area contributed by atoms with Gasteiger partial charge in [0.05, 0.1) is 16.8 Å². The summed E-state index contributed by atoms with van der Waals surface area (Å²) >= 11 is 0. The van der Waals surface area contributed by atoms with Crippen molar-refractivity contribution in [1.29, 1.82) is 0 Å². The highest BCUT2D eigenvalue weighted by Crippen LogP contribution is 2.38. The van der Waals surface area contributed by atoms with E-state index in [0.717, 1.165) is 17.1 Å². The monoisotopic (exact) mass is 682 g/mol. The SMILES string of the molecule is CC(=Nc1c(C(C)C)cccc1C(C)C)C(C)(C)Nc1c(C(C)C)cccc1C(C)C.CC(=O)C(C)(C)Nc1c(C(C)C)cccc1C(C)C. The number of nitrogens with one attached hydrogen (secondary N) is 2. The average Bonchev–Trinajstić information content (AvgIpc) is 3.00. The number of para-hydroxylation sites is 3. The number of nitrogens with zero attached hydrogens (tertiary/aromatic N) is 1. The molecule has 0 amide bonds. The molecule has 0 heterocycles. The van der Waals surface area contributed by atoms with E-state index in [0.29, 0.717) is 35.5 Å². The zero-order valence-electron chi connectivity index (χ0n) is 35.0. The van der Waals surface area contributed by atoms with E-state index in [1.807, 2.05) is 13.8 Å². The van der Waals surface area contributed by atoms with Gasteiger partial charge in [-0.2, -0.15) is 0 Å². The molecule has 0 atom stereocenters. The molecule has 4 nitrogen and oxygen atoms in total. The van der Waals surface area contributed by atoms with Crippen LogP contribution >= 0.6 is 0 Å². The van der Waals surface area contributed by atoms with E-state index >= 15 is 0 Å². The molecular formula is C46H71N3O. The summed E-state index contributed by atoms with van der Waals surface area (Å²) in [6.07, 6.45) is 0. The summed E-state index contributed by atoms with van der Waals surface area (Å²) in [5, 5.41) is 7.37. The lowest BCUT2D eigenvalue weighted by Crippen LogP contribution is -2.39. The predicted molar refractivity (Wildman–Crippen MR) is 223 cm³/mol. The molecule has 2 N–H and O–H groups in total. The fraction of sp³-hybridized carbons (Fsp3) is 0.565. The summed E-state index contributed by atoms with van der Waals surface area (Å²) in [7, 11) is 0. The molecule has 0 aliphatic rings. The smallest absolute Gasteiger partial charge is 0.154 e. The number of carbonyl (C=O) groups excluding carboxylic acids is 1. The molecule has 0 aliphatic heterocycles. The van der Waals surface area contributed by atoms with E-state index in [1.165, 1.54) is 39.1 Å². The highest BCUT2D eigenvalue weighted by molar-refractivity contribution is 5.96. The normalized spacial score (nSPS) is 12.7. The first-order chi connectivity index (χ1) is 23.0. The number of hydrogen-bond donors (Lipinski definition) is 2. The molecule has 0 saturated carbocycles. The summed E-state index contributed by atoms with van der Waals surface area (Å²) in [6, 6.07) is 19.7. The Bertz CT molecular complexity index is 1520. The summed E-state index contributed by atoms with van der Waals surface area (Å²) < 4.78 is 0. The fourth-order valence-electron chi connectivity index (χ4n) is 6.14. The maximum Gasteiger partial charge on any atom is 0.154 e. The fourth-order valence-corrected chi connectivity index (χ4v) is 6.14. The lowest BCUT2D eigenvalue weighted by molar-refractivity contribution is -0.120. The molecule has 0 saturated heterocycles. The van der Waals surface area contributed by atoms with E-state index in [9.17, 15) is 4.79 Å². The van der Waals surface area contributed by atoms with Gasteiger partial charge in [-0.3, -0.25) is 9.79 Å². The Morgan fingerprint density at radius 1 is 0.480 bits per heavy atom. The molecule has 3 aromatic carbocycles. The van der Waals surface area contributed by atoms with Crippen molar-refractivity contribution in [3.63, 3.8) is 0 Å². The van der Waals surface area contributed by atoms with Gasteiger partial charge in [-0.15, -0.1) is 0 Å². The molecule has 4 heteroatoms. The van der Waals surface area contributed by atoms with Crippen molar-refractivity contribution in [1.82, 2.24) is 0 Å². The Labute approximate surface area is 307 Å². The van der Waals surface area contributed by atoms with E-state index in [-0.39, 0.29) is 11.3 Å². The van der Waals surface area contributed by atoms with Crippen LogP contribution in [0.2, 0.25) is 0 Å². The Balaban J connectivity index is 0.000000391. The van der Waals surface area contributed by atoms with Gasteiger partial charge in [-0.05, 0) is 110 Å². The number of aliphatic imine (C=N–C) groups is 1. The second-order valence-electron chi connectivity index (χ2n) is 17.1. The first-order valence-electron chi connectivity index (χ1n) is 19.0. The number of rotatable bonds is 13. The van der Waals surface area contributed by atoms with Crippen LogP contribution in [-0.4, -0.2) is 22.6 Å². The molecule has 0 aromatic heterocycles. The molecule has 50 heavy (non-hydrogen) atoms. The molecule has 0 unspecified atom stereocenters. The predicted octanol–water partition coefficient (Wildman–Crippen LogP) is 13.9. The summed E-state index contributed by atoms with van der Waals surface area (Å²) in [4.78, 5) is 17.0. The quantitative estimate of drug-likeness (QED) is 0.177. The second kappa shape index (κ2) is 17.7. The Morgan fingerprint density at radius 3 is 1.00 bits per heavy atom. The summed E-state index contributed by atoms with van der Waals surface area (Å²) in [5.74, 6) is 2.83. The maximum atomic E-state index is 11.8. The first-order valence-corrected chi connectivity index (χ1v) is 19.0. The number of carbonyl (C=O) groups is 1. The van der Waals surface area contributed by atoms with Gasteiger partial charge in [0.15, 0.2) is 5.78 Å². The van der Waals surface area contributed by atoms with Crippen molar-refractivity contribution < 1.29 is 4.79 Å². The third kappa shape index (κ3) is 10.8. The number of Topliss-reactive ketones (excluding diaryl/α,β-unsaturated/α-hetero) is 1. The highest BCUT2D eigenvalue weighted by atomic mass is 16.1. The van der Waals surface area contributed by atoms with E-state index in [2.05, 4.69) is 169 Å². The van der Waals surface area contributed by atoms with Gasteiger partial charge < -0.3 is 10.6 Å². The van der Waals surface area contributed by atoms with Gasteiger partial charge in [0.25, 0.3) is 0 Å². The minimum Gasteiger partial charge on any atom is -0.374 e. The van der Waals surface area contributed by atoms with Crippen LogP contribution in [0.1, 0.15) is 194 Å². The van der Waals surface area contributed by atoms with E-state index in [4.69, 9.17) is 4.99 Å². The number of benzene rings is 3. The zero-order chi connectivity index (χ0) is 38.3. The lowest BCUT2D eigenvalue weighted by atomic mass is 9.89. The molecule has 0 spiro atoms. The first kappa shape index (κ1) is 42.8. The molecule has 0 bridgehead atoms. The molecule has 276 valence electrons. The van der Waals surface area contributed by atoms with Crippen LogP contribution in [-0.2, 0) is 4.79 Å². The zero-order valence-corrected chi connectivity index (χ0v) is 35.0.